The van der Waals surface area contributed by atoms with Crippen LogP contribution in [0.25, 0.3) is 0 Å². The Bertz CT molecular complexity index is 494. The minimum Gasteiger partial charge on any atom is -0.282 e. The van der Waals surface area contributed by atoms with Crippen molar-refractivity contribution >= 4 is 20.2 Å². The molecule has 0 saturated heterocycles. The van der Waals surface area contributed by atoms with Gasteiger partial charge in [-0.2, -0.15) is 16.8 Å². The van der Waals surface area contributed by atoms with E-state index in [1.165, 1.54) is 0 Å². The van der Waals surface area contributed by atoms with E-state index in [0.717, 1.165) is 12.1 Å². The molecule has 0 fully saturated rings. The van der Waals surface area contributed by atoms with Crippen molar-refractivity contribution in [3.05, 3.63) is 24.3 Å². The zero-order chi connectivity index (χ0) is 11.0. The largest absolute Gasteiger partial charge is 0.295 e. The Morgan fingerprint density at radius 2 is 1.29 bits per heavy atom. The molecule has 0 amide bonds. The van der Waals surface area contributed by atoms with Crippen LogP contribution in [0.5, 0.6) is 0 Å². The van der Waals surface area contributed by atoms with Crippen molar-refractivity contribution in [2.24, 2.45) is 0 Å². The van der Waals surface area contributed by atoms with Crippen molar-refractivity contribution in [1.29, 1.82) is 0 Å². The molecule has 1 aromatic rings. The molecule has 0 aliphatic carbocycles. The lowest BCUT2D eigenvalue weighted by Gasteiger charge is -1.98. The summed E-state index contributed by atoms with van der Waals surface area (Å²) in [5.74, 6) is 0. The van der Waals surface area contributed by atoms with Gasteiger partial charge in [0.1, 0.15) is 9.79 Å². The lowest BCUT2D eigenvalue weighted by Crippen LogP contribution is -2.03. The maximum absolute atomic E-state index is 10.5. The van der Waals surface area contributed by atoms with Crippen LogP contribution in [0.1, 0.15) is 0 Å². The molecule has 0 unspecified atom stereocenters. The summed E-state index contributed by atoms with van der Waals surface area (Å²) < 4.78 is 59.2. The number of hydrogen-bond donors (Lipinski definition) is 2. The average Bonchev–Trinajstić information content (AvgIpc) is 2.01. The third kappa shape index (κ3) is 2.51. The van der Waals surface area contributed by atoms with E-state index in [-0.39, 0.29) is 0 Å². The summed E-state index contributed by atoms with van der Waals surface area (Å²) in [6.07, 6.45) is 0. The Balaban J connectivity index is 3.44. The predicted molar refractivity (Wildman–Crippen MR) is 43.7 cm³/mol. The zero-order valence-electron chi connectivity index (χ0n) is 6.50. The number of benzene rings is 1. The quantitative estimate of drug-likeness (QED) is 0.687. The zero-order valence-corrected chi connectivity index (χ0v) is 8.13. The highest BCUT2D eigenvalue weighted by Crippen LogP contribution is 2.13. The lowest BCUT2D eigenvalue weighted by molar-refractivity contribution is 0.480. The molecule has 0 saturated carbocycles. The van der Waals surface area contributed by atoms with Gasteiger partial charge >= 0.3 is 0 Å². The van der Waals surface area contributed by atoms with Crippen LogP contribution in [0.4, 0.5) is 0 Å². The fraction of sp³-hybridized carbons (Fsp3) is 0. The summed E-state index contributed by atoms with van der Waals surface area (Å²) in [5, 5.41) is 0. The van der Waals surface area contributed by atoms with Crippen LogP contribution in [0, 0.1) is 12.1 Å². The molecule has 0 aliphatic rings. The number of rotatable bonds is 2. The van der Waals surface area contributed by atoms with Gasteiger partial charge in [-0.25, -0.2) is 0 Å². The van der Waals surface area contributed by atoms with E-state index in [1.54, 1.807) is 0 Å². The fourth-order valence-corrected chi connectivity index (χ4v) is 1.64. The Labute approximate surface area is 80.7 Å². The summed E-state index contributed by atoms with van der Waals surface area (Å²) >= 11 is 0. The molecule has 8 heteroatoms. The maximum atomic E-state index is 10.5. The molecule has 1 rings (SSSR count). The normalized spacial score (nSPS) is 12.7. The van der Waals surface area contributed by atoms with Gasteiger partial charge in [-0.05, 0) is 18.2 Å². The fourth-order valence-electron chi connectivity index (χ4n) is 0.665. The van der Waals surface area contributed by atoms with Crippen LogP contribution >= 0.6 is 0 Å². The Morgan fingerprint density at radius 3 is 1.57 bits per heavy atom. The highest BCUT2D eigenvalue weighted by Gasteiger charge is 2.15. The highest BCUT2D eigenvalue weighted by molar-refractivity contribution is 7.86. The van der Waals surface area contributed by atoms with Crippen molar-refractivity contribution in [2.45, 2.75) is 9.79 Å². The summed E-state index contributed by atoms with van der Waals surface area (Å²) in [4.78, 5) is -1.54. The van der Waals surface area contributed by atoms with E-state index < -0.39 is 30.0 Å². The van der Waals surface area contributed by atoms with Gasteiger partial charge in [0.25, 0.3) is 20.2 Å². The second-order valence-electron chi connectivity index (χ2n) is 2.26. The molecule has 1 aromatic carbocycles. The summed E-state index contributed by atoms with van der Waals surface area (Å²) in [5.41, 5.74) is 0. The third-order valence-corrected chi connectivity index (χ3v) is 2.78. The van der Waals surface area contributed by atoms with Crippen LogP contribution < -0.4 is 0 Å². The van der Waals surface area contributed by atoms with Gasteiger partial charge in [0.05, 0.1) is 0 Å². The van der Waals surface area contributed by atoms with E-state index in [0.29, 0.717) is 0 Å². The molecule has 0 atom stereocenters. The molecular weight excluding hydrogens is 232 g/mol. The van der Waals surface area contributed by atoms with Crippen LogP contribution in [-0.4, -0.2) is 25.9 Å². The highest BCUT2D eigenvalue weighted by atomic mass is 32.2. The van der Waals surface area contributed by atoms with Crippen molar-refractivity contribution < 1.29 is 25.9 Å². The molecule has 76 valence electrons. The predicted octanol–water partition coefficient (Wildman–Crippen LogP) is -0.220. The third-order valence-electron chi connectivity index (χ3n) is 1.23. The van der Waals surface area contributed by atoms with Gasteiger partial charge in [-0.3, -0.25) is 9.11 Å². The molecule has 6 nitrogen and oxygen atoms in total. The summed E-state index contributed by atoms with van der Waals surface area (Å²) in [6, 6.07) is 5.60. The van der Waals surface area contributed by atoms with Crippen LogP contribution in [-0.2, 0) is 20.2 Å². The van der Waals surface area contributed by atoms with Crippen molar-refractivity contribution in [1.82, 2.24) is 0 Å². The van der Waals surface area contributed by atoms with Gasteiger partial charge in [-0.1, -0.05) is 0 Å². The van der Waals surface area contributed by atoms with E-state index in [2.05, 4.69) is 6.07 Å². The topological polar surface area (TPSA) is 109 Å². The van der Waals surface area contributed by atoms with E-state index in [1.807, 2.05) is 6.07 Å². The molecular formula is C6H4O6S2. The smallest absolute Gasteiger partial charge is 0.282 e. The summed E-state index contributed by atoms with van der Waals surface area (Å²) in [6.45, 7) is 0. The minimum absolute atomic E-state index is 0.771. The molecule has 2 radical (unpaired) electrons. The van der Waals surface area contributed by atoms with Crippen LogP contribution in [0.3, 0.4) is 0 Å². The molecule has 0 aliphatic heterocycles. The van der Waals surface area contributed by atoms with E-state index in [4.69, 9.17) is 9.11 Å². The summed E-state index contributed by atoms with van der Waals surface area (Å²) in [7, 11) is -9.10. The first-order valence-corrected chi connectivity index (χ1v) is 5.97. The molecule has 14 heavy (non-hydrogen) atoms. The van der Waals surface area contributed by atoms with E-state index >= 15 is 0 Å². The first-order chi connectivity index (χ1) is 6.21. The lowest BCUT2D eigenvalue weighted by atomic mass is 10.4. The molecule has 0 heterocycles. The van der Waals surface area contributed by atoms with Crippen LogP contribution in [0.15, 0.2) is 21.9 Å². The van der Waals surface area contributed by atoms with E-state index in [9.17, 15) is 16.8 Å². The molecule has 0 aromatic heterocycles. The molecule has 0 spiro atoms. The Morgan fingerprint density at radius 1 is 0.929 bits per heavy atom. The monoisotopic (exact) mass is 236 g/mol. The standard InChI is InChI=1S/C6H4O6S2/c7-13(8,9)5-2-1-3-6(4-5)14(10,11)12/h2-3H,(H,7,8,9)(H,10,11,12). The molecule has 2 N–H and O–H groups in total. The number of hydrogen-bond acceptors (Lipinski definition) is 4. The van der Waals surface area contributed by atoms with Gasteiger partial charge in [-0.15, -0.1) is 0 Å². The SMILES string of the molecule is O=S(=O)(O)c1[c]c(S(=O)(=O)O)c[c]c1. The van der Waals surface area contributed by atoms with Crippen molar-refractivity contribution in [3.63, 3.8) is 0 Å². The molecule has 0 bridgehead atoms. The Kier molecular flexibility index (Phi) is 2.63. The Hall–Kier alpha value is -0.960. The van der Waals surface area contributed by atoms with Gasteiger partial charge in [0.15, 0.2) is 0 Å². The van der Waals surface area contributed by atoms with Gasteiger partial charge < -0.3 is 0 Å². The van der Waals surface area contributed by atoms with Crippen LogP contribution in [0.2, 0.25) is 0 Å². The minimum atomic E-state index is -4.55. The van der Waals surface area contributed by atoms with Gasteiger partial charge in [0, 0.05) is 6.07 Å². The van der Waals surface area contributed by atoms with Crippen molar-refractivity contribution in [2.75, 3.05) is 0 Å². The van der Waals surface area contributed by atoms with Gasteiger partial charge in [0.2, 0.25) is 0 Å². The first kappa shape index (κ1) is 11.1. The average molecular weight is 236 g/mol. The van der Waals surface area contributed by atoms with Crippen molar-refractivity contribution in [3.8, 4) is 0 Å². The second kappa shape index (κ2) is 3.31. The second-order valence-corrected chi connectivity index (χ2v) is 5.04. The first-order valence-electron chi connectivity index (χ1n) is 3.09. The maximum Gasteiger partial charge on any atom is 0.295 e.